The standard InChI is InChI=1S/C21H19F3N2O3/c1-14-10-18(14)20(28)29-13-19(27)26(25-12-15-6-3-2-4-7-15)17-9-5-8-16(11-17)21(22,23)24/h2-9,11-12,14,18H,10,13H2,1H3/b25-12-/t14-,18-/m0/s1. The topological polar surface area (TPSA) is 59.0 Å². The number of carbonyl (C=O) groups excluding carboxylic acids is 2. The largest absolute Gasteiger partial charge is 0.455 e. The van der Waals surface area contributed by atoms with E-state index in [1.54, 1.807) is 30.3 Å². The Morgan fingerprint density at radius 1 is 1.17 bits per heavy atom. The lowest BCUT2D eigenvalue weighted by molar-refractivity contribution is -0.149. The van der Waals surface area contributed by atoms with Crippen molar-refractivity contribution in [3.63, 3.8) is 0 Å². The highest BCUT2D eigenvalue weighted by molar-refractivity contribution is 5.97. The van der Waals surface area contributed by atoms with Gasteiger partial charge in [0.25, 0.3) is 5.91 Å². The molecule has 0 spiro atoms. The maximum atomic E-state index is 13.1. The van der Waals surface area contributed by atoms with Crippen LogP contribution in [0.4, 0.5) is 18.9 Å². The highest BCUT2D eigenvalue weighted by Gasteiger charge is 2.41. The van der Waals surface area contributed by atoms with Crippen LogP contribution in [0.1, 0.15) is 24.5 Å². The Bertz CT molecular complexity index is 913. The average molecular weight is 404 g/mol. The summed E-state index contributed by atoms with van der Waals surface area (Å²) in [5.41, 5.74) is -0.333. The SMILES string of the molecule is C[C@H]1C[C@@H]1C(=O)OCC(=O)N(/N=C\c1ccccc1)c1cccc(C(F)(F)F)c1. The fraction of sp³-hybridized carbons (Fsp3) is 0.286. The van der Waals surface area contributed by atoms with Gasteiger partial charge in [0.05, 0.1) is 23.4 Å². The van der Waals surface area contributed by atoms with Gasteiger partial charge in [-0.3, -0.25) is 9.59 Å². The van der Waals surface area contributed by atoms with Gasteiger partial charge in [-0.25, -0.2) is 0 Å². The maximum Gasteiger partial charge on any atom is 0.416 e. The van der Waals surface area contributed by atoms with Crippen molar-refractivity contribution in [1.29, 1.82) is 0 Å². The van der Waals surface area contributed by atoms with Crippen molar-refractivity contribution in [2.75, 3.05) is 11.6 Å². The Hall–Kier alpha value is -3.16. The summed E-state index contributed by atoms with van der Waals surface area (Å²) in [7, 11) is 0. The van der Waals surface area contributed by atoms with Crippen LogP contribution in [0.2, 0.25) is 0 Å². The zero-order valence-electron chi connectivity index (χ0n) is 15.6. The quantitative estimate of drug-likeness (QED) is 0.410. The van der Waals surface area contributed by atoms with E-state index in [9.17, 15) is 22.8 Å². The molecule has 152 valence electrons. The van der Waals surface area contributed by atoms with Gasteiger partial charge >= 0.3 is 12.1 Å². The number of anilines is 1. The summed E-state index contributed by atoms with van der Waals surface area (Å²) in [4.78, 5) is 24.5. The molecule has 2 aromatic carbocycles. The Labute approximate surface area is 165 Å². The third-order valence-corrected chi connectivity index (χ3v) is 4.53. The van der Waals surface area contributed by atoms with Crippen molar-refractivity contribution in [3.05, 3.63) is 65.7 Å². The lowest BCUT2D eigenvalue weighted by Gasteiger charge is -2.18. The maximum absolute atomic E-state index is 13.1. The lowest BCUT2D eigenvalue weighted by Crippen LogP contribution is -2.31. The van der Waals surface area contributed by atoms with E-state index in [4.69, 9.17) is 4.74 Å². The molecule has 0 bridgehead atoms. The van der Waals surface area contributed by atoms with Crippen molar-refractivity contribution in [2.45, 2.75) is 19.5 Å². The number of hydrogen-bond acceptors (Lipinski definition) is 4. The van der Waals surface area contributed by atoms with E-state index in [1.807, 2.05) is 6.92 Å². The average Bonchev–Trinajstić information content (AvgIpc) is 3.43. The van der Waals surface area contributed by atoms with Gasteiger partial charge in [0.15, 0.2) is 6.61 Å². The van der Waals surface area contributed by atoms with E-state index in [0.29, 0.717) is 12.0 Å². The summed E-state index contributed by atoms with van der Waals surface area (Å²) in [6.45, 7) is 1.29. The molecule has 5 nitrogen and oxygen atoms in total. The number of esters is 1. The fourth-order valence-corrected chi connectivity index (χ4v) is 2.70. The molecule has 0 aliphatic heterocycles. The van der Waals surface area contributed by atoms with Crippen molar-refractivity contribution in [1.82, 2.24) is 0 Å². The number of nitrogens with zero attached hydrogens (tertiary/aromatic N) is 2. The smallest absolute Gasteiger partial charge is 0.416 e. The highest BCUT2D eigenvalue weighted by Crippen LogP contribution is 2.38. The van der Waals surface area contributed by atoms with E-state index < -0.39 is 30.2 Å². The molecule has 0 heterocycles. The summed E-state index contributed by atoms with van der Waals surface area (Å²) in [6.07, 6.45) is -2.51. The number of alkyl halides is 3. The number of carbonyl (C=O) groups is 2. The predicted molar refractivity (Wildman–Crippen MR) is 101 cm³/mol. The molecule has 0 radical (unpaired) electrons. The van der Waals surface area contributed by atoms with Crippen molar-refractivity contribution in [2.24, 2.45) is 16.9 Å². The van der Waals surface area contributed by atoms with Crippen LogP contribution in [0.3, 0.4) is 0 Å². The van der Waals surface area contributed by atoms with Crippen LogP contribution in [0.5, 0.6) is 0 Å². The number of amides is 1. The minimum absolute atomic E-state index is 0.0761. The molecule has 29 heavy (non-hydrogen) atoms. The molecule has 0 N–H and O–H groups in total. The first-order valence-corrected chi connectivity index (χ1v) is 9.01. The van der Waals surface area contributed by atoms with Crippen LogP contribution in [0.15, 0.2) is 59.7 Å². The summed E-state index contributed by atoms with van der Waals surface area (Å²) in [5.74, 6) is -1.24. The van der Waals surface area contributed by atoms with Crippen LogP contribution in [0.25, 0.3) is 0 Å². The van der Waals surface area contributed by atoms with Crippen molar-refractivity contribution in [3.8, 4) is 0 Å². The normalized spacial score (nSPS) is 18.5. The monoisotopic (exact) mass is 404 g/mol. The first-order chi connectivity index (χ1) is 13.8. The van der Waals surface area contributed by atoms with Gasteiger partial charge in [0, 0.05) is 0 Å². The second kappa shape index (κ2) is 8.46. The molecule has 1 aliphatic carbocycles. The number of rotatable bonds is 6. The lowest BCUT2D eigenvalue weighted by atomic mass is 10.2. The first-order valence-electron chi connectivity index (χ1n) is 9.01. The molecule has 0 unspecified atom stereocenters. The van der Waals surface area contributed by atoms with Gasteiger partial charge in [-0.15, -0.1) is 0 Å². The molecule has 3 rings (SSSR count). The van der Waals surface area contributed by atoms with Gasteiger partial charge in [0.2, 0.25) is 0 Å². The fourth-order valence-electron chi connectivity index (χ4n) is 2.70. The van der Waals surface area contributed by atoms with Crippen molar-refractivity contribution < 1.29 is 27.5 Å². The Kier molecular flexibility index (Phi) is 6.00. The van der Waals surface area contributed by atoms with E-state index in [0.717, 1.165) is 17.1 Å². The second-order valence-electron chi connectivity index (χ2n) is 6.84. The molecular weight excluding hydrogens is 385 g/mol. The van der Waals surface area contributed by atoms with Crippen LogP contribution in [-0.4, -0.2) is 24.7 Å². The zero-order chi connectivity index (χ0) is 21.0. The summed E-state index contributed by atoms with van der Waals surface area (Å²) >= 11 is 0. The molecule has 2 aromatic rings. The molecule has 0 aromatic heterocycles. The van der Waals surface area contributed by atoms with E-state index >= 15 is 0 Å². The molecule has 1 aliphatic rings. The van der Waals surface area contributed by atoms with E-state index in [1.165, 1.54) is 18.3 Å². The van der Waals surface area contributed by atoms with E-state index in [-0.39, 0.29) is 17.5 Å². The molecule has 1 saturated carbocycles. The van der Waals surface area contributed by atoms with Crippen LogP contribution >= 0.6 is 0 Å². The van der Waals surface area contributed by atoms with Gasteiger partial charge in [-0.05, 0) is 36.1 Å². The van der Waals surface area contributed by atoms with Gasteiger partial charge in [-0.2, -0.15) is 23.3 Å². The molecule has 2 atom stereocenters. The molecular formula is C21H19F3N2O3. The molecule has 1 amide bonds. The predicted octanol–water partition coefficient (Wildman–Crippen LogP) is 4.27. The number of halogens is 3. The Balaban J connectivity index is 1.82. The summed E-state index contributed by atoms with van der Waals surface area (Å²) in [6, 6.07) is 13.0. The van der Waals surface area contributed by atoms with Crippen molar-refractivity contribution >= 4 is 23.8 Å². The number of hydrazone groups is 1. The number of hydrogen-bond donors (Lipinski definition) is 0. The highest BCUT2D eigenvalue weighted by atomic mass is 19.4. The van der Waals surface area contributed by atoms with Gasteiger partial charge in [-0.1, -0.05) is 43.3 Å². The molecule has 8 heteroatoms. The number of benzene rings is 2. The van der Waals surface area contributed by atoms with Crippen LogP contribution < -0.4 is 5.01 Å². The van der Waals surface area contributed by atoms with Crippen LogP contribution in [0, 0.1) is 11.8 Å². The Morgan fingerprint density at radius 2 is 1.86 bits per heavy atom. The summed E-state index contributed by atoms with van der Waals surface area (Å²) < 4.78 is 44.2. The molecule has 0 saturated heterocycles. The minimum atomic E-state index is -4.57. The zero-order valence-corrected chi connectivity index (χ0v) is 15.6. The Morgan fingerprint density at radius 3 is 2.48 bits per heavy atom. The minimum Gasteiger partial charge on any atom is -0.455 e. The van der Waals surface area contributed by atoms with Crippen LogP contribution in [-0.2, 0) is 20.5 Å². The molecule has 1 fully saturated rings. The first kappa shape index (κ1) is 20.6. The third-order valence-electron chi connectivity index (χ3n) is 4.53. The third kappa shape index (κ3) is 5.43. The van der Waals surface area contributed by atoms with Gasteiger partial charge < -0.3 is 4.74 Å². The van der Waals surface area contributed by atoms with E-state index in [2.05, 4.69) is 5.10 Å². The number of ether oxygens (including phenoxy) is 1. The van der Waals surface area contributed by atoms with Gasteiger partial charge in [0.1, 0.15) is 0 Å². The summed E-state index contributed by atoms with van der Waals surface area (Å²) in [5, 5.41) is 4.85. The second-order valence-corrected chi connectivity index (χ2v) is 6.84.